The van der Waals surface area contributed by atoms with E-state index in [9.17, 15) is 8.42 Å². The highest BCUT2D eigenvalue weighted by Gasteiger charge is 2.36. The standard InChI is InChI=1S/C14H29N3O2S/c1-3-13-5-10-17(12-13)20(18,19)16-8-6-14(7-9-16)11-15-4-2/h13-15H,3-12H2,1-2H3. The van der Waals surface area contributed by atoms with Crippen molar-refractivity contribution < 1.29 is 8.42 Å². The van der Waals surface area contributed by atoms with Gasteiger partial charge in [0.2, 0.25) is 0 Å². The van der Waals surface area contributed by atoms with Crippen LogP contribution in [0.15, 0.2) is 0 Å². The molecule has 2 saturated heterocycles. The molecule has 0 saturated carbocycles. The molecule has 5 nitrogen and oxygen atoms in total. The third-order valence-electron chi connectivity index (χ3n) is 4.74. The Hall–Kier alpha value is -0.170. The van der Waals surface area contributed by atoms with Crippen LogP contribution in [0.4, 0.5) is 0 Å². The maximum absolute atomic E-state index is 12.6. The Balaban J connectivity index is 1.86. The summed E-state index contributed by atoms with van der Waals surface area (Å²) in [6.07, 6.45) is 4.07. The largest absolute Gasteiger partial charge is 0.317 e. The zero-order valence-corrected chi connectivity index (χ0v) is 13.7. The lowest BCUT2D eigenvalue weighted by Crippen LogP contribution is -2.47. The monoisotopic (exact) mass is 303 g/mol. The average molecular weight is 303 g/mol. The van der Waals surface area contributed by atoms with Crippen molar-refractivity contribution in [2.24, 2.45) is 11.8 Å². The molecule has 6 heteroatoms. The summed E-state index contributed by atoms with van der Waals surface area (Å²) >= 11 is 0. The summed E-state index contributed by atoms with van der Waals surface area (Å²) in [7, 11) is -3.20. The molecule has 118 valence electrons. The van der Waals surface area contributed by atoms with E-state index >= 15 is 0 Å². The molecule has 2 aliphatic rings. The van der Waals surface area contributed by atoms with E-state index in [-0.39, 0.29) is 0 Å². The summed E-state index contributed by atoms with van der Waals surface area (Å²) in [6.45, 7) is 9.06. The molecule has 0 aromatic rings. The lowest BCUT2D eigenvalue weighted by molar-refractivity contribution is 0.254. The van der Waals surface area contributed by atoms with Gasteiger partial charge < -0.3 is 5.32 Å². The van der Waals surface area contributed by atoms with Crippen molar-refractivity contribution in [3.8, 4) is 0 Å². The zero-order chi connectivity index (χ0) is 14.6. The lowest BCUT2D eigenvalue weighted by Gasteiger charge is -2.33. The van der Waals surface area contributed by atoms with Crippen LogP contribution in [-0.2, 0) is 10.2 Å². The molecule has 2 aliphatic heterocycles. The minimum absolute atomic E-state index is 0.552. The van der Waals surface area contributed by atoms with E-state index in [0.29, 0.717) is 31.5 Å². The second kappa shape index (κ2) is 7.20. The molecule has 2 fully saturated rings. The molecule has 0 bridgehead atoms. The Kier molecular flexibility index (Phi) is 5.84. The van der Waals surface area contributed by atoms with Crippen LogP contribution in [0.25, 0.3) is 0 Å². The Morgan fingerprint density at radius 3 is 2.15 bits per heavy atom. The van der Waals surface area contributed by atoms with Crippen LogP contribution in [0, 0.1) is 11.8 Å². The molecule has 1 N–H and O–H groups in total. The van der Waals surface area contributed by atoms with Crippen LogP contribution < -0.4 is 5.32 Å². The molecule has 20 heavy (non-hydrogen) atoms. The first-order valence-electron chi connectivity index (χ1n) is 8.03. The second-order valence-corrected chi connectivity index (χ2v) is 8.01. The SMILES string of the molecule is CCNCC1CCN(S(=O)(=O)N2CCC(CC)C2)CC1. The fourth-order valence-electron chi connectivity index (χ4n) is 3.20. The highest BCUT2D eigenvalue weighted by Crippen LogP contribution is 2.26. The third kappa shape index (κ3) is 3.72. The van der Waals surface area contributed by atoms with E-state index in [4.69, 9.17) is 0 Å². The molecule has 1 unspecified atom stereocenters. The Bertz CT molecular complexity index is 391. The van der Waals surface area contributed by atoms with Crippen molar-refractivity contribution in [1.82, 2.24) is 13.9 Å². The molecule has 2 heterocycles. The second-order valence-electron chi connectivity index (χ2n) is 6.08. The number of hydrogen-bond acceptors (Lipinski definition) is 3. The summed E-state index contributed by atoms with van der Waals surface area (Å²) in [6, 6.07) is 0. The highest BCUT2D eigenvalue weighted by molar-refractivity contribution is 7.86. The van der Waals surface area contributed by atoms with E-state index in [1.165, 1.54) is 0 Å². The molecular weight excluding hydrogens is 274 g/mol. The van der Waals surface area contributed by atoms with Crippen molar-refractivity contribution in [1.29, 1.82) is 0 Å². The van der Waals surface area contributed by atoms with Crippen LogP contribution in [0.3, 0.4) is 0 Å². The Morgan fingerprint density at radius 2 is 1.60 bits per heavy atom. The molecule has 0 amide bonds. The normalized spacial score (nSPS) is 27.2. The first-order chi connectivity index (χ1) is 9.57. The molecule has 0 aromatic carbocycles. The van der Waals surface area contributed by atoms with Gasteiger partial charge in [-0.2, -0.15) is 17.0 Å². The lowest BCUT2D eigenvalue weighted by atomic mass is 9.98. The van der Waals surface area contributed by atoms with Gasteiger partial charge in [-0.05, 0) is 44.2 Å². The topological polar surface area (TPSA) is 52.7 Å². The van der Waals surface area contributed by atoms with Gasteiger partial charge in [-0.15, -0.1) is 0 Å². The minimum atomic E-state index is -3.20. The van der Waals surface area contributed by atoms with Gasteiger partial charge in [0.1, 0.15) is 0 Å². The predicted octanol–water partition coefficient (Wildman–Crippen LogP) is 1.28. The predicted molar refractivity (Wildman–Crippen MR) is 81.7 cm³/mol. The summed E-state index contributed by atoms with van der Waals surface area (Å²) < 4.78 is 28.6. The molecule has 1 atom stereocenters. The van der Waals surface area contributed by atoms with Crippen LogP contribution in [0.2, 0.25) is 0 Å². The average Bonchev–Trinajstić information content (AvgIpc) is 2.95. The number of nitrogens with one attached hydrogen (secondary N) is 1. The summed E-state index contributed by atoms with van der Waals surface area (Å²) in [5.74, 6) is 1.18. The molecule has 0 aromatic heterocycles. The van der Waals surface area contributed by atoms with Gasteiger partial charge in [-0.25, -0.2) is 0 Å². The molecule has 0 spiro atoms. The molecule has 0 radical (unpaired) electrons. The minimum Gasteiger partial charge on any atom is -0.317 e. The van der Waals surface area contributed by atoms with Crippen LogP contribution >= 0.6 is 0 Å². The summed E-state index contributed by atoms with van der Waals surface area (Å²) in [4.78, 5) is 0. The highest BCUT2D eigenvalue weighted by atomic mass is 32.2. The van der Waals surface area contributed by atoms with Crippen molar-refractivity contribution in [2.75, 3.05) is 39.3 Å². The van der Waals surface area contributed by atoms with Gasteiger partial charge in [-0.3, -0.25) is 0 Å². The van der Waals surface area contributed by atoms with Crippen LogP contribution in [0.5, 0.6) is 0 Å². The Labute approximate surface area is 123 Å². The number of nitrogens with zero attached hydrogens (tertiary/aromatic N) is 2. The van der Waals surface area contributed by atoms with Crippen molar-refractivity contribution in [3.63, 3.8) is 0 Å². The first kappa shape index (κ1) is 16.2. The van der Waals surface area contributed by atoms with Gasteiger partial charge in [0.05, 0.1) is 0 Å². The number of hydrogen-bond donors (Lipinski definition) is 1. The molecule has 0 aliphatic carbocycles. The smallest absolute Gasteiger partial charge is 0.281 e. The number of piperidine rings is 1. The zero-order valence-electron chi connectivity index (χ0n) is 12.8. The van der Waals surface area contributed by atoms with Gasteiger partial charge in [0, 0.05) is 26.2 Å². The Morgan fingerprint density at radius 1 is 1.00 bits per heavy atom. The number of rotatable bonds is 6. The van der Waals surface area contributed by atoms with Crippen molar-refractivity contribution in [2.45, 2.75) is 39.5 Å². The fraction of sp³-hybridized carbons (Fsp3) is 1.00. The van der Waals surface area contributed by atoms with E-state index in [2.05, 4.69) is 19.2 Å². The van der Waals surface area contributed by atoms with Crippen molar-refractivity contribution in [3.05, 3.63) is 0 Å². The quantitative estimate of drug-likeness (QED) is 0.804. The van der Waals surface area contributed by atoms with Gasteiger partial charge in [0.15, 0.2) is 0 Å². The van der Waals surface area contributed by atoms with Gasteiger partial charge >= 0.3 is 0 Å². The van der Waals surface area contributed by atoms with E-state index in [1.54, 1.807) is 8.61 Å². The van der Waals surface area contributed by atoms with Gasteiger partial charge in [-0.1, -0.05) is 20.3 Å². The third-order valence-corrected chi connectivity index (χ3v) is 6.74. The summed E-state index contributed by atoms with van der Waals surface area (Å²) in [5.41, 5.74) is 0. The van der Waals surface area contributed by atoms with E-state index < -0.39 is 10.2 Å². The molecular formula is C14H29N3O2S. The summed E-state index contributed by atoms with van der Waals surface area (Å²) in [5, 5.41) is 3.36. The fourth-order valence-corrected chi connectivity index (χ4v) is 4.93. The molecule has 2 rings (SSSR count). The van der Waals surface area contributed by atoms with E-state index in [1.807, 2.05) is 0 Å². The van der Waals surface area contributed by atoms with E-state index in [0.717, 1.165) is 45.3 Å². The van der Waals surface area contributed by atoms with Gasteiger partial charge in [0.25, 0.3) is 10.2 Å². The maximum Gasteiger partial charge on any atom is 0.281 e. The first-order valence-corrected chi connectivity index (χ1v) is 9.43. The van der Waals surface area contributed by atoms with Crippen LogP contribution in [0.1, 0.15) is 39.5 Å². The maximum atomic E-state index is 12.6. The van der Waals surface area contributed by atoms with Crippen LogP contribution in [-0.4, -0.2) is 56.3 Å². The van der Waals surface area contributed by atoms with Crippen molar-refractivity contribution >= 4 is 10.2 Å².